The Kier molecular flexibility index (Phi) is 5.91. The Labute approximate surface area is 196 Å². The quantitative estimate of drug-likeness (QED) is 0.196. The molecular weight excluding hydrogens is 432 g/mol. The van der Waals surface area contributed by atoms with Crippen LogP contribution >= 0.6 is 0 Å². The molecule has 1 aliphatic rings. The molecule has 0 fully saturated rings. The fourth-order valence-electron chi connectivity index (χ4n) is 4.25. The number of hydrogen-bond donors (Lipinski definition) is 0. The van der Waals surface area contributed by atoms with E-state index in [1.165, 1.54) is 12.1 Å². The lowest BCUT2D eigenvalue weighted by Crippen LogP contribution is -2.15. The van der Waals surface area contributed by atoms with Gasteiger partial charge >= 0.3 is 5.97 Å². The zero-order valence-electron chi connectivity index (χ0n) is 18.4. The molecule has 0 N–H and O–H groups in total. The first-order valence-corrected chi connectivity index (χ1v) is 11.2. The summed E-state index contributed by atoms with van der Waals surface area (Å²) in [7, 11) is 0. The van der Waals surface area contributed by atoms with Crippen molar-refractivity contribution >= 4 is 22.6 Å². The Balaban J connectivity index is 1.29. The normalized spacial score (nSPS) is 12.7. The molecule has 170 valence electrons. The molecule has 0 bridgehead atoms. The summed E-state index contributed by atoms with van der Waals surface area (Å²) in [6, 6.07) is 20.8. The first-order valence-electron chi connectivity index (χ1n) is 11.2. The number of rotatable bonds is 6. The van der Waals surface area contributed by atoms with Crippen molar-refractivity contribution in [1.82, 2.24) is 4.98 Å². The smallest absolute Gasteiger partial charge is 0.339 e. The number of pyridine rings is 1. The van der Waals surface area contributed by atoms with Crippen molar-refractivity contribution in [3.05, 3.63) is 105 Å². The summed E-state index contributed by atoms with van der Waals surface area (Å²) < 4.78 is 11.4. The van der Waals surface area contributed by atoms with E-state index in [9.17, 15) is 14.9 Å². The van der Waals surface area contributed by atoms with Gasteiger partial charge in [-0.1, -0.05) is 30.3 Å². The highest BCUT2D eigenvalue weighted by Crippen LogP contribution is 2.30. The highest BCUT2D eigenvalue weighted by Gasteiger charge is 2.23. The fraction of sp³-hybridized carbons (Fsp3) is 0.185. The van der Waals surface area contributed by atoms with E-state index >= 15 is 0 Å². The molecule has 0 unspecified atom stereocenters. The molecule has 5 rings (SSSR count). The second-order valence-electron chi connectivity index (χ2n) is 8.21. The van der Waals surface area contributed by atoms with Crippen LogP contribution in [0.3, 0.4) is 0 Å². The molecule has 7 nitrogen and oxygen atoms in total. The number of para-hydroxylation sites is 1. The third-order valence-corrected chi connectivity index (χ3v) is 5.95. The van der Waals surface area contributed by atoms with Crippen molar-refractivity contribution in [1.29, 1.82) is 0 Å². The maximum atomic E-state index is 13.2. The number of ether oxygens (including phenoxy) is 2. The zero-order chi connectivity index (χ0) is 23.5. The Hall–Kier alpha value is -4.26. The summed E-state index contributed by atoms with van der Waals surface area (Å²) in [5, 5.41) is 11.6. The van der Waals surface area contributed by atoms with Gasteiger partial charge in [-0.25, -0.2) is 4.79 Å². The Bertz CT molecular complexity index is 1360. The lowest BCUT2D eigenvalue weighted by molar-refractivity contribution is -0.384. The molecular formula is C27H22N2O5. The summed E-state index contributed by atoms with van der Waals surface area (Å²) in [5.41, 5.74) is 4.32. The zero-order valence-corrected chi connectivity index (χ0v) is 18.4. The Morgan fingerprint density at radius 1 is 0.912 bits per heavy atom. The number of hydrogen-bond acceptors (Lipinski definition) is 6. The summed E-state index contributed by atoms with van der Waals surface area (Å²) in [4.78, 5) is 28.3. The van der Waals surface area contributed by atoms with Gasteiger partial charge in [0.05, 0.1) is 16.0 Å². The van der Waals surface area contributed by atoms with Crippen LogP contribution in [0.5, 0.6) is 11.5 Å². The predicted octanol–water partition coefficient (Wildman–Crippen LogP) is 6.17. The molecule has 7 heteroatoms. The Morgan fingerprint density at radius 2 is 1.59 bits per heavy atom. The van der Waals surface area contributed by atoms with Crippen molar-refractivity contribution in [3.63, 3.8) is 0 Å². The molecule has 3 aromatic carbocycles. The lowest BCUT2D eigenvalue weighted by atomic mass is 9.90. The van der Waals surface area contributed by atoms with Gasteiger partial charge < -0.3 is 9.47 Å². The minimum Gasteiger partial charge on any atom is -0.457 e. The van der Waals surface area contributed by atoms with E-state index in [2.05, 4.69) is 0 Å². The van der Waals surface area contributed by atoms with Crippen LogP contribution in [0.25, 0.3) is 10.9 Å². The molecule has 34 heavy (non-hydrogen) atoms. The summed E-state index contributed by atoms with van der Waals surface area (Å²) in [6.45, 7) is 0.141. The van der Waals surface area contributed by atoms with E-state index in [1.807, 2.05) is 36.4 Å². The second kappa shape index (κ2) is 9.31. The van der Waals surface area contributed by atoms with Crippen LogP contribution < -0.4 is 4.74 Å². The van der Waals surface area contributed by atoms with Crippen LogP contribution in [0.15, 0.2) is 72.8 Å². The molecule has 0 saturated carbocycles. The van der Waals surface area contributed by atoms with Gasteiger partial charge in [-0.3, -0.25) is 15.1 Å². The van der Waals surface area contributed by atoms with E-state index in [-0.39, 0.29) is 18.3 Å². The second-order valence-corrected chi connectivity index (χ2v) is 8.21. The maximum absolute atomic E-state index is 13.2. The molecule has 0 saturated heterocycles. The van der Waals surface area contributed by atoms with E-state index in [1.54, 1.807) is 24.3 Å². The summed E-state index contributed by atoms with van der Waals surface area (Å²) >= 11 is 0. The van der Waals surface area contributed by atoms with Crippen molar-refractivity contribution in [3.8, 4) is 11.5 Å². The van der Waals surface area contributed by atoms with Crippen LogP contribution in [0.4, 0.5) is 5.69 Å². The standard InChI is InChI=1S/C27H22N2O5/c30-27(26-22-5-1-3-7-24(22)28-25-8-4-2-6-23(25)26)33-17-18-9-13-20(14-10-18)34-21-15-11-19(12-16-21)29(31)32/h1,3,5,7,9-16H,2,4,6,8,17H2. The van der Waals surface area contributed by atoms with Crippen molar-refractivity contribution in [2.24, 2.45) is 0 Å². The van der Waals surface area contributed by atoms with Gasteiger partial charge in [0.15, 0.2) is 0 Å². The van der Waals surface area contributed by atoms with Crippen molar-refractivity contribution in [2.45, 2.75) is 32.3 Å². The predicted molar refractivity (Wildman–Crippen MR) is 127 cm³/mol. The number of aromatic nitrogens is 1. The average Bonchev–Trinajstić information content (AvgIpc) is 2.87. The molecule has 0 radical (unpaired) electrons. The third-order valence-electron chi connectivity index (χ3n) is 5.95. The summed E-state index contributed by atoms with van der Waals surface area (Å²) in [6.07, 6.45) is 3.85. The monoisotopic (exact) mass is 454 g/mol. The molecule has 0 atom stereocenters. The molecule has 0 amide bonds. The van der Waals surface area contributed by atoms with Gasteiger partial charge in [-0.2, -0.15) is 0 Å². The average molecular weight is 454 g/mol. The number of carbonyl (C=O) groups is 1. The number of nitro benzene ring substituents is 1. The maximum Gasteiger partial charge on any atom is 0.339 e. The van der Waals surface area contributed by atoms with Gasteiger partial charge in [0.25, 0.3) is 5.69 Å². The van der Waals surface area contributed by atoms with Gasteiger partial charge in [0, 0.05) is 23.2 Å². The number of esters is 1. The molecule has 1 aliphatic carbocycles. The fourth-order valence-corrected chi connectivity index (χ4v) is 4.25. The number of non-ortho nitro benzene ring substituents is 1. The Morgan fingerprint density at radius 3 is 2.32 bits per heavy atom. The third kappa shape index (κ3) is 4.45. The number of fused-ring (bicyclic) bond motifs is 2. The highest BCUT2D eigenvalue weighted by atomic mass is 16.6. The number of nitro groups is 1. The largest absolute Gasteiger partial charge is 0.457 e. The van der Waals surface area contributed by atoms with Crippen LogP contribution in [0.2, 0.25) is 0 Å². The lowest BCUT2D eigenvalue weighted by Gasteiger charge is -2.20. The molecule has 1 aromatic heterocycles. The van der Waals surface area contributed by atoms with Crippen LogP contribution in [-0.2, 0) is 24.2 Å². The van der Waals surface area contributed by atoms with Crippen LogP contribution in [0.1, 0.15) is 40.0 Å². The molecule has 4 aromatic rings. The van der Waals surface area contributed by atoms with Gasteiger partial charge in [-0.15, -0.1) is 0 Å². The van der Waals surface area contributed by atoms with Gasteiger partial charge in [0.2, 0.25) is 0 Å². The number of carbonyl (C=O) groups excluding carboxylic acids is 1. The number of benzene rings is 3. The van der Waals surface area contributed by atoms with E-state index in [4.69, 9.17) is 14.5 Å². The highest BCUT2D eigenvalue weighted by molar-refractivity contribution is 6.05. The van der Waals surface area contributed by atoms with Crippen molar-refractivity contribution < 1.29 is 19.2 Å². The number of aryl methyl sites for hydroxylation is 1. The topological polar surface area (TPSA) is 91.6 Å². The molecule has 1 heterocycles. The molecule has 0 spiro atoms. The minimum absolute atomic E-state index is 0.00718. The van der Waals surface area contributed by atoms with Crippen LogP contribution in [-0.4, -0.2) is 15.9 Å². The van der Waals surface area contributed by atoms with Crippen molar-refractivity contribution in [2.75, 3.05) is 0 Å². The van der Waals surface area contributed by atoms with Gasteiger partial charge in [0.1, 0.15) is 18.1 Å². The van der Waals surface area contributed by atoms with E-state index in [0.717, 1.165) is 53.4 Å². The molecule has 0 aliphatic heterocycles. The first-order chi connectivity index (χ1) is 16.6. The summed E-state index contributed by atoms with van der Waals surface area (Å²) in [5.74, 6) is 0.750. The van der Waals surface area contributed by atoms with Crippen LogP contribution in [0, 0.1) is 10.1 Å². The minimum atomic E-state index is -0.454. The first kappa shape index (κ1) is 21.6. The van der Waals surface area contributed by atoms with E-state index < -0.39 is 4.92 Å². The SMILES string of the molecule is O=C(OCc1ccc(Oc2ccc([N+](=O)[O-])cc2)cc1)c1c2c(nc3ccccc13)CCCC2. The van der Waals surface area contributed by atoms with Gasteiger partial charge in [-0.05, 0) is 67.1 Å². The number of nitrogens with zero attached hydrogens (tertiary/aromatic N) is 2. The van der Waals surface area contributed by atoms with E-state index in [0.29, 0.717) is 17.1 Å².